The van der Waals surface area contributed by atoms with Gasteiger partial charge in [-0.05, 0) is 26.0 Å². The lowest BCUT2D eigenvalue weighted by Gasteiger charge is -2.43. The van der Waals surface area contributed by atoms with Crippen molar-refractivity contribution < 1.29 is 19.5 Å². The van der Waals surface area contributed by atoms with E-state index in [9.17, 15) is 24.3 Å². The molecule has 9 nitrogen and oxygen atoms in total. The first kappa shape index (κ1) is 19.3. The maximum Gasteiger partial charge on any atom is 0.327 e. The summed E-state index contributed by atoms with van der Waals surface area (Å²) in [5.41, 5.74) is 6.24. The number of amides is 2. The number of nitrogens with zero attached hydrogens (tertiary/aromatic N) is 2. The van der Waals surface area contributed by atoms with Crippen LogP contribution in [0.2, 0.25) is 0 Å². The van der Waals surface area contributed by atoms with E-state index in [1.165, 1.54) is 27.3 Å². The Morgan fingerprint density at radius 3 is 2.66 bits per heavy atom. The minimum absolute atomic E-state index is 0.146. The zero-order valence-corrected chi connectivity index (χ0v) is 16.6. The Kier molecular flexibility index (Phi) is 4.34. The molecule has 2 aliphatic rings. The summed E-state index contributed by atoms with van der Waals surface area (Å²) in [5, 5.41) is 12.2. The highest BCUT2D eigenvalue weighted by Crippen LogP contribution is 2.50. The van der Waals surface area contributed by atoms with Gasteiger partial charge >= 0.3 is 5.97 Å². The van der Waals surface area contributed by atoms with Crippen LogP contribution in [0.15, 0.2) is 35.1 Å². The third-order valence-corrected chi connectivity index (χ3v) is 6.92. The fraction of sp³-hybridized carbons (Fsp3) is 0.368. The quantitative estimate of drug-likeness (QED) is 0.607. The average molecular weight is 416 g/mol. The van der Waals surface area contributed by atoms with Crippen molar-refractivity contribution in [3.05, 3.63) is 40.6 Å². The third kappa shape index (κ3) is 2.94. The molecule has 29 heavy (non-hydrogen) atoms. The number of nitrogen functional groups attached to an aromatic ring is 1. The zero-order chi connectivity index (χ0) is 21.1. The normalized spacial score (nSPS) is 24.8. The van der Waals surface area contributed by atoms with E-state index in [0.717, 1.165) is 0 Å². The molecule has 2 amide bonds. The Bertz CT molecular complexity index is 1110. The number of nitrogens with one attached hydrogen (secondary N) is 1. The monoisotopic (exact) mass is 416 g/mol. The Balaban J connectivity index is 1.54. The van der Waals surface area contributed by atoms with E-state index in [1.54, 1.807) is 38.1 Å². The van der Waals surface area contributed by atoms with Gasteiger partial charge in [-0.3, -0.25) is 14.4 Å². The van der Waals surface area contributed by atoms with Crippen molar-refractivity contribution in [3.63, 3.8) is 0 Å². The topological polar surface area (TPSA) is 135 Å². The minimum atomic E-state index is -1.06. The second kappa shape index (κ2) is 6.51. The van der Waals surface area contributed by atoms with Crippen molar-refractivity contribution in [1.29, 1.82) is 0 Å². The minimum Gasteiger partial charge on any atom is -0.480 e. The number of carboxylic acid groups (broad SMARTS) is 1. The summed E-state index contributed by atoms with van der Waals surface area (Å²) in [5.74, 6) is -1.77. The van der Waals surface area contributed by atoms with Crippen molar-refractivity contribution in [3.8, 4) is 0 Å². The maximum atomic E-state index is 12.6. The van der Waals surface area contributed by atoms with Crippen molar-refractivity contribution in [2.24, 2.45) is 0 Å². The molecule has 0 saturated carbocycles. The van der Waals surface area contributed by atoms with Crippen LogP contribution < -0.4 is 16.5 Å². The van der Waals surface area contributed by atoms with Gasteiger partial charge in [-0.15, -0.1) is 11.8 Å². The molecule has 4 rings (SSSR count). The molecule has 0 aliphatic carbocycles. The van der Waals surface area contributed by atoms with Gasteiger partial charge in [-0.1, -0.05) is 12.1 Å². The van der Waals surface area contributed by atoms with E-state index in [4.69, 9.17) is 5.73 Å². The summed E-state index contributed by atoms with van der Waals surface area (Å²) < 4.78 is 0.851. The van der Waals surface area contributed by atoms with Crippen molar-refractivity contribution in [2.45, 2.75) is 42.6 Å². The molecule has 2 fully saturated rings. The number of para-hydroxylation sites is 1. The number of β-lactam (4-membered cyclic amide) rings is 1. The lowest BCUT2D eigenvalue weighted by Crippen LogP contribution is -2.70. The van der Waals surface area contributed by atoms with E-state index in [1.807, 2.05) is 0 Å². The highest BCUT2D eigenvalue weighted by molar-refractivity contribution is 8.01. The molecule has 0 spiro atoms. The molecule has 10 heteroatoms. The van der Waals surface area contributed by atoms with E-state index < -0.39 is 40.0 Å². The first-order valence-electron chi connectivity index (χ1n) is 9.02. The van der Waals surface area contributed by atoms with E-state index in [2.05, 4.69) is 5.32 Å². The fourth-order valence-corrected chi connectivity index (χ4v) is 5.66. The first-order valence-corrected chi connectivity index (χ1v) is 9.90. The van der Waals surface area contributed by atoms with Crippen LogP contribution in [0, 0.1) is 0 Å². The summed E-state index contributed by atoms with van der Waals surface area (Å²) in [7, 11) is 0. The number of fused-ring (bicyclic) bond motifs is 2. The number of thioether (sulfide) groups is 1. The second-order valence-electron chi connectivity index (χ2n) is 7.68. The SMILES string of the molecule is CC1(C)S[C@@H]2C(NC(=O)Cn3c(N)cc(=O)c4ccccc43)C(=O)N2[C@H]1C(=O)O. The number of aromatic nitrogens is 1. The number of carbonyl (C=O) groups is 3. The summed E-state index contributed by atoms with van der Waals surface area (Å²) in [6, 6.07) is 6.36. The number of hydrogen-bond acceptors (Lipinski definition) is 6. The number of carboxylic acids is 1. The van der Waals surface area contributed by atoms with Crippen LogP contribution in [-0.2, 0) is 20.9 Å². The molecule has 2 saturated heterocycles. The van der Waals surface area contributed by atoms with Gasteiger partial charge in [-0.2, -0.15) is 0 Å². The van der Waals surface area contributed by atoms with Gasteiger partial charge < -0.3 is 25.6 Å². The Morgan fingerprint density at radius 1 is 1.28 bits per heavy atom. The van der Waals surface area contributed by atoms with Gasteiger partial charge in [0.2, 0.25) is 11.8 Å². The van der Waals surface area contributed by atoms with Crippen LogP contribution in [0.3, 0.4) is 0 Å². The Labute approximate surface area is 169 Å². The van der Waals surface area contributed by atoms with E-state index >= 15 is 0 Å². The number of nitrogens with two attached hydrogens (primary N) is 1. The van der Waals surface area contributed by atoms with Crippen LogP contribution in [-0.4, -0.2) is 54.6 Å². The van der Waals surface area contributed by atoms with Crippen molar-refractivity contribution in [1.82, 2.24) is 14.8 Å². The Hall–Kier alpha value is -3.01. The maximum absolute atomic E-state index is 12.6. The number of rotatable bonds is 4. The molecule has 3 heterocycles. The van der Waals surface area contributed by atoms with Crippen molar-refractivity contribution >= 4 is 46.3 Å². The molecule has 3 atom stereocenters. The molecule has 1 aromatic carbocycles. The van der Waals surface area contributed by atoms with Gasteiger partial charge in [0.05, 0.1) is 5.52 Å². The van der Waals surface area contributed by atoms with Gasteiger partial charge in [0.1, 0.15) is 29.8 Å². The molecule has 0 radical (unpaired) electrons. The van der Waals surface area contributed by atoms with Gasteiger partial charge in [0, 0.05) is 16.2 Å². The molecular weight excluding hydrogens is 396 g/mol. The molecular formula is C19H20N4O5S. The van der Waals surface area contributed by atoms with Gasteiger partial charge in [0.25, 0.3) is 0 Å². The molecule has 2 aromatic rings. The van der Waals surface area contributed by atoms with E-state index in [0.29, 0.717) is 10.9 Å². The van der Waals surface area contributed by atoms with E-state index in [-0.39, 0.29) is 17.8 Å². The molecule has 0 bridgehead atoms. The smallest absolute Gasteiger partial charge is 0.327 e. The van der Waals surface area contributed by atoms with Crippen LogP contribution in [0.1, 0.15) is 13.8 Å². The summed E-state index contributed by atoms with van der Waals surface area (Å²) in [6.07, 6.45) is 0. The van der Waals surface area contributed by atoms with Gasteiger partial charge in [-0.25, -0.2) is 4.79 Å². The summed E-state index contributed by atoms with van der Waals surface area (Å²) in [6.45, 7) is 3.38. The number of pyridine rings is 1. The van der Waals surface area contributed by atoms with Crippen molar-refractivity contribution in [2.75, 3.05) is 5.73 Å². The van der Waals surface area contributed by atoms with Gasteiger partial charge in [0.15, 0.2) is 5.43 Å². The summed E-state index contributed by atoms with van der Waals surface area (Å²) in [4.78, 5) is 50.2. The number of benzene rings is 1. The molecule has 1 unspecified atom stereocenters. The second-order valence-corrected chi connectivity index (χ2v) is 9.45. The number of hydrogen-bond donors (Lipinski definition) is 3. The molecule has 1 aromatic heterocycles. The number of carbonyl (C=O) groups excluding carboxylic acids is 2. The highest BCUT2D eigenvalue weighted by atomic mass is 32.2. The average Bonchev–Trinajstić information content (AvgIpc) is 2.91. The number of anilines is 1. The zero-order valence-electron chi connectivity index (χ0n) is 15.8. The van der Waals surface area contributed by atoms with Crippen LogP contribution in [0.5, 0.6) is 0 Å². The lowest BCUT2D eigenvalue weighted by atomic mass is 9.96. The third-order valence-electron chi connectivity index (χ3n) is 5.34. The van der Waals surface area contributed by atoms with Crippen LogP contribution in [0.25, 0.3) is 10.9 Å². The largest absolute Gasteiger partial charge is 0.480 e. The predicted octanol–water partition coefficient (Wildman–Crippen LogP) is 0.215. The standard InChI is InChI=1S/C19H20N4O5S/c1-19(2)15(18(27)28)23-16(26)14(17(23)29-19)21-13(25)8-22-10-6-4-3-5-9(10)11(24)7-12(22)20/h3-7,14-15,17H,8,20H2,1-2H3,(H,21,25)(H,27,28)/t14?,15-,17+/m0/s1. The lowest BCUT2D eigenvalue weighted by molar-refractivity contribution is -0.161. The van der Waals surface area contributed by atoms with Crippen LogP contribution in [0.4, 0.5) is 5.82 Å². The first-order chi connectivity index (χ1) is 13.6. The fourth-order valence-electron chi connectivity index (χ4n) is 4.03. The van der Waals surface area contributed by atoms with Crippen LogP contribution >= 0.6 is 11.8 Å². The molecule has 2 aliphatic heterocycles. The molecule has 4 N–H and O–H groups in total. The number of aliphatic carboxylic acids is 1. The highest BCUT2D eigenvalue weighted by Gasteiger charge is 2.64. The Morgan fingerprint density at radius 2 is 1.97 bits per heavy atom. The predicted molar refractivity (Wildman–Crippen MR) is 108 cm³/mol. The summed E-state index contributed by atoms with van der Waals surface area (Å²) >= 11 is 1.36. The molecule has 152 valence electrons.